The second kappa shape index (κ2) is 8.43. The maximum atomic E-state index is 9.83. The molecule has 0 aromatic heterocycles. The lowest BCUT2D eigenvalue weighted by Crippen LogP contribution is -2.23. The third-order valence-corrected chi connectivity index (χ3v) is 6.28. The summed E-state index contributed by atoms with van der Waals surface area (Å²) in [6, 6.07) is 29.4. The van der Waals surface area contributed by atoms with Gasteiger partial charge in [0.05, 0.1) is 12.2 Å². The van der Waals surface area contributed by atoms with E-state index in [9.17, 15) is 5.11 Å². The smallest absolute Gasteiger partial charge is 0.0909 e. The average Bonchev–Trinajstić information content (AvgIpc) is 3.36. The lowest BCUT2D eigenvalue weighted by Gasteiger charge is -2.30. The molecule has 0 amide bonds. The summed E-state index contributed by atoms with van der Waals surface area (Å²) in [5.41, 5.74) is 6.23. The van der Waals surface area contributed by atoms with Crippen molar-refractivity contribution in [3.05, 3.63) is 119 Å². The topological polar surface area (TPSA) is 29.5 Å². The molecule has 1 N–H and O–H groups in total. The molecule has 3 aromatic rings. The standard InChI is InChI=1S/C28H26O2/c29-18-17-22(19-21-11-5-2-6-12-21)26-25(16-15-20-9-3-1-4-10-20)27-23-13-7-8-14-24(23)28(26)30-27/h1-16,19,25-29H,17-18H2/b16-15+,22-19+/t25-,26+,27+,28-/m0/s1. The molecule has 2 heterocycles. The fourth-order valence-electron chi connectivity index (χ4n) is 4.98. The maximum absolute atomic E-state index is 9.83. The molecule has 0 radical (unpaired) electrons. The Morgan fingerprint density at radius 2 is 1.37 bits per heavy atom. The molecule has 5 rings (SSSR count). The van der Waals surface area contributed by atoms with Gasteiger partial charge < -0.3 is 9.84 Å². The lowest BCUT2D eigenvalue weighted by molar-refractivity contribution is 0.0591. The highest BCUT2D eigenvalue weighted by molar-refractivity contribution is 5.57. The number of ether oxygens (including phenoxy) is 1. The van der Waals surface area contributed by atoms with Gasteiger partial charge in [-0.25, -0.2) is 0 Å². The van der Waals surface area contributed by atoms with Crippen LogP contribution in [0.1, 0.15) is 40.9 Å². The molecule has 2 nitrogen and oxygen atoms in total. The quantitative estimate of drug-likeness (QED) is 0.537. The van der Waals surface area contributed by atoms with Crippen molar-refractivity contribution in [2.24, 2.45) is 11.8 Å². The normalized spacial score (nSPS) is 25.0. The van der Waals surface area contributed by atoms with Gasteiger partial charge in [-0.05, 0) is 28.7 Å². The second-order valence-corrected chi connectivity index (χ2v) is 8.08. The number of aliphatic hydroxyl groups excluding tert-OH is 1. The van der Waals surface area contributed by atoms with Crippen molar-refractivity contribution in [2.45, 2.75) is 18.6 Å². The first kappa shape index (κ1) is 19.0. The van der Waals surface area contributed by atoms with Gasteiger partial charge in [0.15, 0.2) is 0 Å². The van der Waals surface area contributed by atoms with Gasteiger partial charge in [0, 0.05) is 18.4 Å². The number of hydrogen-bond acceptors (Lipinski definition) is 2. The van der Waals surface area contributed by atoms with Crippen LogP contribution in [0.15, 0.2) is 96.6 Å². The number of hydrogen-bond donors (Lipinski definition) is 1. The number of aliphatic hydroxyl groups is 1. The van der Waals surface area contributed by atoms with Gasteiger partial charge in [-0.3, -0.25) is 0 Å². The molecule has 1 saturated heterocycles. The van der Waals surface area contributed by atoms with Crippen molar-refractivity contribution < 1.29 is 9.84 Å². The monoisotopic (exact) mass is 394 g/mol. The molecular weight excluding hydrogens is 368 g/mol. The van der Waals surface area contributed by atoms with Crippen molar-refractivity contribution in [3.63, 3.8) is 0 Å². The zero-order chi connectivity index (χ0) is 20.3. The lowest BCUT2D eigenvalue weighted by atomic mass is 9.71. The predicted molar refractivity (Wildman–Crippen MR) is 122 cm³/mol. The maximum Gasteiger partial charge on any atom is 0.0909 e. The van der Waals surface area contributed by atoms with Gasteiger partial charge in [-0.15, -0.1) is 0 Å². The molecule has 2 bridgehead atoms. The van der Waals surface area contributed by atoms with Crippen LogP contribution in [-0.2, 0) is 4.74 Å². The van der Waals surface area contributed by atoms with Crippen LogP contribution in [0.3, 0.4) is 0 Å². The van der Waals surface area contributed by atoms with Crippen LogP contribution in [0.4, 0.5) is 0 Å². The largest absolute Gasteiger partial charge is 0.396 e. The van der Waals surface area contributed by atoms with E-state index in [-0.39, 0.29) is 30.7 Å². The van der Waals surface area contributed by atoms with Crippen LogP contribution in [0.25, 0.3) is 12.2 Å². The Morgan fingerprint density at radius 3 is 2.03 bits per heavy atom. The van der Waals surface area contributed by atoms with Gasteiger partial charge in [-0.1, -0.05) is 109 Å². The fraction of sp³-hybridized carbons (Fsp3) is 0.214. The van der Waals surface area contributed by atoms with Crippen molar-refractivity contribution in [3.8, 4) is 0 Å². The summed E-state index contributed by atoms with van der Waals surface area (Å²) < 4.78 is 6.55. The van der Waals surface area contributed by atoms with E-state index in [1.807, 2.05) is 12.1 Å². The molecule has 30 heavy (non-hydrogen) atoms. The van der Waals surface area contributed by atoms with E-state index in [0.717, 1.165) is 0 Å². The first-order valence-electron chi connectivity index (χ1n) is 10.7. The zero-order valence-corrected chi connectivity index (χ0v) is 16.9. The molecule has 150 valence electrons. The van der Waals surface area contributed by atoms with Crippen LogP contribution in [0.2, 0.25) is 0 Å². The highest BCUT2D eigenvalue weighted by Gasteiger charge is 2.51. The Labute approximate surface area is 178 Å². The molecule has 2 aliphatic heterocycles. The van der Waals surface area contributed by atoms with Crippen LogP contribution in [0, 0.1) is 11.8 Å². The van der Waals surface area contributed by atoms with Gasteiger partial charge in [0.1, 0.15) is 0 Å². The zero-order valence-electron chi connectivity index (χ0n) is 16.9. The van der Waals surface area contributed by atoms with Crippen molar-refractivity contribution in [1.29, 1.82) is 0 Å². The Morgan fingerprint density at radius 1 is 0.767 bits per heavy atom. The van der Waals surface area contributed by atoms with Gasteiger partial charge >= 0.3 is 0 Å². The Bertz CT molecular complexity index is 1050. The summed E-state index contributed by atoms with van der Waals surface area (Å²) in [5, 5.41) is 9.83. The Kier molecular flexibility index (Phi) is 5.35. The van der Waals surface area contributed by atoms with Crippen molar-refractivity contribution >= 4 is 12.2 Å². The van der Waals surface area contributed by atoms with Gasteiger partial charge in [0.2, 0.25) is 0 Å². The summed E-state index contributed by atoms with van der Waals surface area (Å²) >= 11 is 0. The first-order chi connectivity index (χ1) is 14.8. The third-order valence-electron chi connectivity index (χ3n) is 6.28. The summed E-state index contributed by atoms with van der Waals surface area (Å²) in [6.07, 6.45) is 7.54. The average molecular weight is 395 g/mol. The number of fused-ring (bicyclic) bond motifs is 5. The SMILES string of the molecule is OCC/C(=C\c1ccccc1)[C@@H]1[C@H](/C=C/c2ccccc2)[C@@H]2O[C@H]1c1ccccc12. The molecular formula is C28H26O2. The molecule has 0 unspecified atom stereocenters. The summed E-state index contributed by atoms with van der Waals surface area (Å²) in [6.45, 7) is 0.142. The van der Waals surface area contributed by atoms with Crippen LogP contribution >= 0.6 is 0 Å². The van der Waals surface area contributed by atoms with E-state index < -0.39 is 0 Å². The number of rotatable bonds is 6. The Hall–Kier alpha value is -2.94. The molecule has 0 saturated carbocycles. The van der Waals surface area contributed by atoms with Crippen molar-refractivity contribution in [2.75, 3.05) is 6.61 Å². The Balaban J connectivity index is 1.56. The van der Waals surface area contributed by atoms with Crippen LogP contribution in [-0.4, -0.2) is 11.7 Å². The fourth-order valence-corrected chi connectivity index (χ4v) is 4.98. The van der Waals surface area contributed by atoms with E-state index in [0.29, 0.717) is 6.42 Å². The predicted octanol–water partition coefficient (Wildman–Crippen LogP) is 6.22. The van der Waals surface area contributed by atoms with E-state index in [2.05, 4.69) is 91.0 Å². The first-order valence-corrected chi connectivity index (χ1v) is 10.7. The molecule has 0 spiro atoms. The summed E-state index contributed by atoms with van der Waals surface area (Å²) in [4.78, 5) is 0. The molecule has 4 atom stereocenters. The van der Waals surface area contributed by atoms with Gasteiger partial charge in [-0.2, -0.15) is 0 Å². The van der Waals surface area contributed by atoms with E-state index in [1.54, 1.807) is 0 Å². The van der Waals surface area contributed by atoms with E-state index >= 15 is 0 Å². The van der Waals surface area contributed by atoms with Crippen molar-refractivity contribution in [1.82, 2.24) is 0 Å². The minimum absolute atomic E-state index is 0.0399. The van der Waals surface area contributed by atoms with Crippen LogP contribution < -0.4 is 0 Å². The molecule has 3 aromatic carbocycles. The molecule has 2 heteroatoms. The molecule has 0 aliphatic carbocycles. The summed E-state index contributed by atoms with van der Waals surface area (Å²) in [7, 11) is 0. The molecule has 1 fully saturated rings. The van der Waals surface area contributed by atoms with E-state index in [4.69, 9.17) is 4.74 Å². The minimum Gasteiger partial charge on any atom is -0.396 e. The van der Waals surface area contributed by atoms with Gasteiger partial charge in [0.25, 0.3) is 0 Å². The second-order valence-electron chi connectivity index (χ2n) is 8.08. The molecule has 2 aliphatic rings. The highest BCUT2D eigenvalue weighted by atomic mass is 16.5. The minimum atomic E-state index is 0.0399. The summed E-state index contributed by atoms with van der Waals surface area (Å²) in [5.74, 6) is 0.462. The van der Waals surface area contributed by atoms with Crippen LogP contribution in [0.5, 0.6) is 0 Å². The highest BCUT2D eigenvalue weighted by Crippen LogP contribution is 2.60. The number of benzene rings is 3. The van der Waals surface area contributed by atoms with E-state index in [1.165, 1.54) is 27.8 Å². The third kappa shape index (κ3) is 3.54.